The van der Waals surface area contributed by atoms with E-state index in [0.717, 1.165) is 0 Å². The Morgan fingerprint density at radius 1 is 1.52 bits per heavy atom. The van der Waals surface area contributed by atoms with Crippen LogP contribution in [0.25, 0.3) is 0 Å². The molecule has 0 heterocycles. The third kappa shape index (κ3) is 2.40. The first-order valence-corrected chi connectivity index (χ1v) is 7.24. The number of phenolic OH excluding ortho intramolecular Hbond substituents is 1. The van der Waals surface area contributed by atoms with Crippen molar-refractivity contribution in [1.29, 1.82) is 0 Å². The maximum Gasteiger partial charge on any atom is 0.245 e. The van der Waals surface area contributed by atoms with Gasteiger partial charge in [0.25, 0.3) is 0 Å². The maximum absolute atomic E-state index is 12.5. The number of hydrogen-bond acceptors (Lipinski definition) is 4. The second-order valence-corrected chi connectivity index (χ2v) is 6.27. The summed E-state index contributed by atoms with van der Waals surface area (Å²) in [5, 5.41) is 12.7. The summed E-state index contributed by atoms with van der Waals surface area (Å²) in [6.45, 7) is 8.18. The monoisotopic (exact) mass is 292 g/mol. The van der Waals surface area contributed by atoms with E-state index in [1.54, 1.807) is 25.1 Å². The standard InChI is InChI=1S/C16H24N2O3/c1-5-21-12-9-16(17,15(12,3)4)14(20)18-11-8-6-7-10(2)13(11)19/h6-8,12,19H,5,9,17H2,1-4H3,(H,18,20). The molecule has 0 bridgehead atoms. The van der Waals surface area contributed by atoms with Crippen molar-refractivity contribution < 1.29 is 14.6 Å². The number of carbonyl (C=O) groups excluding carboxylic acids is 1. The van der Waals surface area contributed by atoms with E-state index in [4.69, 9.17) is 10.5 Å². The van der Waals surface area contributed by atoms with E-state index in [2.05, 4.69) is 5.32 Å². The molecule has 1 aliphatic rings. The van der Waals surface area contributed by atoms with Crippen LogP contribution in [0.1, 0.15) is 32.8 Å². The van der Waals surface area contributed by atoms with Gasteiger partial charge < -0.3 is 20.9 Å². The Hall–Kier alpha value is -1.59. The van der Waals surface area contributed by atoms with Gasteiger partial charge >= 0.3 is 0 Å². The van der Waals surface area contributed by atoms with Crippen molar-refractivity contribution >= 4 is 11.6 Å². The summed E-state index contributed by atoms with van der Waals surface area (Å²) >= 11 is 0. The van der Waals surface area contributed by atoms with Gasteiger partial charge in [-0.1, -0.05) is 26.0 Å². The van der Waals surface area contributed by atoms with Gasteiger partial charge in [-0.15, -0.1) is 0 Å². The number of para-hydroxylation sites is 1. The smallest absolute Gasteiger partial charge is 0.245 e. The maximum atomic E-state index is 12.5. The third-order valence-electron chi connectivity index (χ3n) is 4.72. The lowest BCUT2D eigenvalue weighted by atomic mass is 9.54. The molecule has 1 aromatic carbocycles. The molecule has 2 unspecified atom stereocenters. The number of anilines is 1. The van der Waals surface area contributed by atoms with Crippen molar-refractivity contribution in [2.45, 2.75) is 45.8 Å². The number of amides is 1. The molecule has 0 radical (unpaired) electrons. The Balaban J connectivity index is 2.16. The minimum atomic E-state index is -0.997. The fourth-order valence-corrected chi connectivity index (χ4v) is 2.81. The minimum Gasteiger partial charge on any atom is -0.505 e. The zero-order valence-electron chi connectivity index (χ0n) is 13.1. The largest absolute Gasteiger partial charge is 0.505 e. The molecule has 2 rings (SSSR count). The van der Waals surface area contributed by atoms with Crippen molar-refractivity contribution in [3.8, 4) is 5.75 Å². The van der Waals surface area contributed by atoms with Crippen LogP contribution < -0.4 is 11.1 Å². The van der Waals surface area contributed by atoms with E-state index in [9.17, 15) is 9.90 Å². The van der Waals surface area contributed by atoms with Gasteiger partial charge in [0.2, 0.25) is 5.91 Å². The van der Waals surface area contributed by atoms with E-state index >= 15 is 0 Å². The Bertz CT molecular complexity index is 556. The quantitative estimate of drug-likeness (QED) is 0.743. The molecular formula is C16H24N2O3. The number of ether oxygens (including phenoxy) is 1. The van der Waals surface area contributed by atoms with Crippen LogP contribution in [0.15, 0.2) is 18.2 Å². The van der Waals surface area contributed by atoms with Crippen LogP contribution in [0.2, 0.25) is 0 Å². The normalized spacial score (nSPS) is 27.0. The summed E-state index contributed by atoms with van der Waals surface area (Å²) in [4.78, 5) is 12.5. The van der Waals surface area contributed by atoms with Gasteiger partial charge in [0.15, 0.2) is 0 Å². The van der Waals surface area contributed by atoms with Gasteiger partial charge in [-0.3, -0.25) is 4.79 Å². The predicted molar refractivity (Wildman–Crippen MR) is 82.2 cm³/mol. The molecule has 5 heteroatoms. The number of phenols is 1. The first-order valence-electron chi connectivity index (χ1n) is 7.24. The number of rotatable bonds is 4. The Labute approximate surface area is 125 Å². The first-order chi connectivity index (χ1) is 9.74. The summed E-state index contributed by atoms with van der Waals surface area (Å²) < 4.78 is 5.62. The molecule has 0 saturated heterocycles. The van der Waals surface area contributed by atoms with E-state index in [1.807, 2.05) is 20.8 Å². The topological polar surface area (TPSA) is 84.6 Å². The average Bonchev–Trinajstić information content (AvgIpc) is 2.43. The van der Waals surface area contributed by atoms with Crippen molar-refractivity contribution in [2.24, 2.45) is 11.1 Å². The molecule has 5 nitrogen and oxygen atoms in total. The highest BCUT2D eigenvalue weighted by Gasteiger charge is 2.62. The van der Waals surface area contributed by atoms with Crippen LogP contribution in [-0.2, 0) is 9.53 Å². The lowest BCUT2D eigenvalue weighted by molar-refractivity contribution is -0.166. The molecule has 1 saturated carbocycles. The van der Waals surface area contributed by atoms with Gasteiger partial charge in [0.1, 0.15) is 11.3 Å². The van der Waals surface area contributed by atoms with Crippen molar-refractivity contribution in [3.05, 3.63) is 23.8 Å². The zero-order chi connectivity index (χ0) is 15.8. The molecule has 1 fully saturated rings. The molecular weight excluding hydrogens is 268 g/mol. The summed E-state index contributed by atoms with van der Waals surface area (Å²) in [6.07, 6.45) is 0.455. The van der Waals surface area contributed by atoms with Gasteiger partial charge in [-0.05, 0) is 25.5 Å². The average molecular weight is 292 g/mol. The summed E-state index contributed by atoms with van der Waals surface area (Å²) in [5.74, 6) is -0.211. The lowest BCUT2D eigenvalue weighted by Crippen LogP contribution is -2.74. The molecule has 1 aromatic rings. The van der Waals surface area contributed by atoms with Crippen LogP contribution in [0.3, 0.4) is 0 Å². The van der Waals surface area contributed by atoms with E-state index in [-0.39, 0.29) is 17.8 Å². The molecule has 21 heavy (non-hydrogen) atoms. The lowest BCUT2D eigenvalue weighted by Gasteiger charge is -2.57. The number of nitrogens with two attached hydrogens (primary N) is 1. The molecule has 0 spiro atoms. The fraction of sp³-hybridized carbons (Fsp3) is 0.562. The van der Waals surface area contributed by atoms with Gasteiger partial charge in [-0.25, -0.2) is 0 Å². The van der Waals surface area contributed by atoms with Crippen LogP contribution >= 0.6 is 0 Å². The summed E-state index contributed by atoms with van der Waals surface area (Å²) in [6, 6.07) is 5.22. The van der Waals surface area contributed by atoms with Crippen LogP contribution in [0.4, 0.5) is 5.69 Å². The molecule has 1 amide bonds. The van der Waals surface area contributed by atoms with E-state index < -0.39 is 11.0 Å². The Kier molecular flexibility index (Phi) is 4.00. The second-order valence-electron chi connectivity index (χ2n) is 6.27. The van der Waals surface area contributed by atoms with Gasteiger partial charge in [0, 0.05) is 18.4 Å². The second kappa shape index (κ2) is 5.31. The molecule has 116 valence electrons. The fourth-order valence-electron chi connectivity index (χ4n) is 2.81. The van der Waals surface area contributed by atoms with Crippen LogP contribution in [0, 0.1) is 12.3 Å². The van der Waals surface area contributed by atoms with Crippen molar-refractivity contribution in [2.75, 3.05) is 11.9 Å². The third-order valence-corrected chi connectivity index (χ3v) is 4.72. The van der Waals surface area contributed by atoms with E-state index in [0.29, 0.717) is 24.3 Å². The number of hydrogen-bond donors (Lipinski definition) is 3. The van der Waals surface area contributed by atoms with Gasteiger partial charge in [0.05, 0.1) is 11.8 Å². The van der Waals surface area contributed by atoms with Crippen LogP contribution in [0.5, 0.6) is 5.75 Å². The number of nitrogens with one attached hydrogen (secondary N) is 1. The molecule has 1 aliphatic carbocycles. The SMILES string of the molecule is CCOC1CC(N)(C(=O)Nc2cccc(C)c2O)C1(C)C. The molecule has 0 aromatic heterocycles. The number of benzene rings is 1. The molecule has 2 atom stereocenters. The zero-order valence-corrected chi connectivity index (χ0v) is 13.1. The van der Waals surface area contributed by atoms with Crippen molar-refractivity contribution in [3.63, 3.8) is 0 Å². The highest BCUT2D eigenvalue weighted by Crippen LogP contribution is 2.50. The van der Waals surface area contributed by atoms with Crippen molar-refractivity contribution in [1.82, 2.24) is 0 Å². The predicted octanol–water partition coefficient (Wildman–Crippen LogP) is 2.17. The molecule has 0 aliphatic heterocycles. The van der Waals surface area contributed by atoms with E-state index in [1.165, 1.54) is 0 Å². The van der Waals surface area contributed by atoms with Gasteiger partial charge in [-0.2, -0.15) is 0 Å². The number of aryl methyl sites for hydroxylation is 1. The highest BCUT2D eigenvalue weighted by molar-refractivity contribution is 6.00. The Morgan fingerprint density at radius 3 is 2.76 bits per heavy atom. The highest BCUT2D eigenvalue weighted by atomic mass is 16.5. The minimum absolute atomic E-state index is 0.0237. The number of aromatic hydroxyl groups is 1. The summed E-state index contributed by atoms with van der Waals surface area (Å²) in [7, 11) is 0. The van der Waals surface area contributed by atoms with Crippen LogP contribution in [-0.4, -0.2) is 29.3 Å². The molecule has 4 N–H and O–H groups in total. The Morgan fingerprint density at radius 2 is 2.19 bits per heavy atom. The summed E-state index contributed by atoms with van der Waals surface area (Å²) in [5.41, 5.74) is 5.95. The number of carbonyl (C=O) groups is 1. The first kappa shape index (κ1) is 15.8.